The third kappa shape index (κ3) is 4.65. The number of aromatic nitrogens is 2. The van der Waals surface area contributed by atoms with Gasteiger partial charge in [-0.25, -0.2) is 8.42 Å². The van der Waals surface area contributed by atoms with Gasteiger partial charge in [0.25, 0.3) is 0 Å². The van der Waals surface area contributed by atoms with Crippen LogP contribution in [0.25, 0.3) is 0 Å². The number of aryl methyl sites for hydroxylation is 2. The van der Waals surface area contributed by atoms with Gasteiger partial charge in [-0.2, -0.15) is 4.98 Å². The average molecular weight is 392 g/mol. The number of nitrogens with zero attached hydrogens (tertiary/aromatic N) is 3. The smallest absolute Gasteiger partial charge is 0.232 e. The molecular formula is C18H24N4O4S. The zero-order valence-electron chi connectivity index (χ0n) is 15.7. The molecule has 1 aromatic carbocycles. The van der Waals surface area contributed by atoms with Crippen LogP contribution in [0.5, 0.6) is 0 Å². The topological polar surface area (TPSA) is 105 Å². The van der Waals surface area contributed by atoms with Crippen LogP contribution >= 0.6 is 0 Å². The molecule has 2 aromatic rings. The van der Waals surface area contributed by atoms with Gasteiger partial charge in [0.2, 0.25) is 21.8 Å². The Morgan fingerprint density at radius 3 is 2.81 bits per heavy atom. The van der Waals surface area contributed by atoms with E-state index in [1.165, 1.54) is 10.6 Å². The summed E-state index contributed by atoms with van der Waals surface area (Å²) >= 11 is 0. The molecule has 1 aromatic heterocycles. The van der Waals surface area contributed by atoms with Gasteiger partial charge in [0.05, 0.1) is 11.9 Å². The Morgan fingerprint density at radius 2 is 2.15 bits per heavy atom. The Morgan fingerprint density at radius 1 is 1.37 bits per heavy atom. The Kier molecular flexibility index (Phi) is 5.50. The van der Waals surface area contributed by atoms with Gasteiger partial charge in [0, 0.05) is 31.0 Å². The summed E-state index contributed by atoms with van der Waals surface area (Å²) < 4.78 is 30.5. The maximum Gasteiger partial charge on any atom is 0.232 e. The van der Waals surface area contributed by atoms with E-state index in [0.29, 0.717) is 36.1 Å². The second-order valence-corrected chi connectivity index (χ2v) is 8.94. The van der Waals surface area contributed by atoms with Crippen LogP contribution in [-0.4, -0.2) is 37.3 Å². The summed E-state index contributed by atoms with van der Waals surface area (Å²) in [6.07, 6.45) is 3.36. The summed E-state index contributed by atoms with van der Waals surface area (Å²) in [7, 11) is -3.34. The van der Waals surface area contributed by atoms with Crippen molar-refractivity contribution in [2.75, 3.05) is 22.4 Å². The summed E-state index contributed by atoms with van der Waals surface area (Å²) in [5.74, 6) is 1.04. The number of rotatable bonds is 6. The molecule has 27 heavy (non-hydrogen) atoms. The quantitative estimate of drug-likeness (QED) is 0.810. The number of carbonyl (C=O) groups is 1. The average Bonchev–Trinajstić information content (AvgIpc) is 3.08. The molecule has 0 fully saturated rings. The number of hydrogen-bond donors (Lipinski definition) is 1. The van der Waals surface area contributed by atoms with E-state index in [9.17, 15) is 13.2 Å². The van der Waals surface area contributed by atoms with Gasteiger partial charge in [0.1, 0.15) is 0 Å². The van der Waals surface area contributed by atoms with Gasteiger partial charge < -0.3 is 9.84 Å². The van der Waals surface area contributed by atoms with E-state index in [-0.39, 0.29) is 18.2 Å². The number of benzene rings is 1. The van der Waals surface area contributed by atoms with Gasteiger partial charge in [-0.15, -0.1) is 0 Å². The standard InChI is InChI=1S/C18H24N4O4S/c1-12(2)18-20-17(26-21-18)9-8-16(23)19-14-7-6-13-5-4-10-22(15(13)11-14)27(3,24)25/h6-7,11-12H,4-5,8-10H2,1-3H3,(H,19,23). The van der Waals surface area contributed by atoms with Crippen molar-refractivity contribution in [3.63, 3.8) is 0 Å². The molecule has 1 amide bonds. The summed E-state index contributed by atoms with van der Waals surface area (Å²) in [5, 5.41) is 6.69. The van der Waals surface area contributed by atoms with Gasteiger partial charge >= 0.3 is 0 Å². The molecule has 8 nitrogen and oxygen atoms in total. The third-order valence-electron chi connectivity index (χ3n) is 4.41. The molecule has 9 heteroatoms. The van der Waals surface area contributed by atoms with E-state index in [1.54, 1.807) is 12.1 Å². The number of anilines is 2. The van der Waals surface area contributed by atoms with Crippen molar-refractivity contribution in [3.05, 3.63) is 35.5 Å². The largest absolute Gasteiger partial charge is 0.339 e. The van der Waals surface area contributed by atoms with Gasteiger partial charge in [-0.05, 0) is 30.5 Å². The molecule has 0 aliphatic carbocycles. The molecule has 2 heterocycles. The highest BCUT2D eigenvalue weighted by atomic mass is 32.2. The number of carbonyl (C=O) groups excluding carboxylic acids is 1. The second-order valence-electron chi connectivity index (χ2n) is 7.03. The van der Waals surface area contributed by atoms with E-state index in [1.807, 2.05) is 19.9 Å². The first-order valence-corrected chi connectivity index (χ1v) is 10.8. The van der Waals surface area contributed by atoms with E-state index in [4.69, 9.17) is 4.52 Å². The van der Waals surface area contributed by atoms with Crippen molar-refractivity contribution in [2.24, 2.45) is 0 Å². The van der Waals surface area contributed by atoms with Crippen molar-refractivity contribution >= 4 is 27.3 Å². The van der Waals surface area contributed by atoms with Gasteiger partial charge in [-0.3, -0.25) is 9.10 Å². The monoisotopic (exact) mass is 392 g/mol. The van der Waals surface area contributed by atoms with Crippen LogP contribution in [0.3, 0.4) is 0 Å². The molecule has 0 radical (unpaired) electrons. The van der Waals surface area contributed by atoms with Crippen LogP contribution in [0.2, 0.25) is 0 Å². The van der Waals surface area contributed by atoms with E-state index < -0.39 is 10.0 Å². The Balaban J connectivity index is 1.66. The molecule has 0 spiro atoms. The van der Waals surface area contributed by atoms with Crippen LogP contribution < -0.4 is 9.62 Å². The third-order valence-corrected chi connectivity index (χ3v) is 5.59. The summed E-state index contributed by atoms with van der Waals surface area (Å²) in [6, 6.07) is 5.39. The van der Waals surface area contributed by atoms with Crippen molar-refractivity contribution in [2.45, 2.75) is 45.4 Å². The summed E-state index contributed by atoms with van der Waals surface area (Å²) in [4.78, 5) is 16.5. The van der Waals surface area contributed by atoms with Crippen molar-refractivity contribution in [3.8, 4) is 0 Å². The molecule has 0 unspecified atom stereocenters. The lowest BCUT2D eigenvalue weighted by molar-refractivity contribution is -0.116. The molecule has 0 saturated carbocycles. The highest BCUT2D eigenvalue weighted by molar-refractivity contribution is 7.92. The van der Waals surface area contributed by atoms with Crippen LogP contribution in [0.4, 0.5) is 11.4 Å². The zero-order chi connectivity index (χ0) is 19.6. The van der Waals surface area contributed by atoms with Crippen molar-refractivity contribution < 1.29 is 17.7 Å². The van der Waals surface area contributed by atoms with Gasteiger partial charge in [0.15, 0.2) is 5.82 Å². The highest BCUT2D eigenvalue weighted by Crippen LogP contribution is 2.31. The minimum atomic E-state index is -3.34. The molecule has 1 N–H and O–H groups in total. The molecule has 0 saturated heterocycles. The fourth-order valence-corrected chi connectivity index (χ4v) is 4.00. The minimum Gasteiger partial charge on any atom is -0.339 e. The molecule has 1 aliphatic heterocycles. The van der Waals surface area contributed by atoms with E-state index in [2.05, 4.69) is 15.5 Å². The van der Waals surface area contributed by atoms with E-state index >= 15 is 0 Å². The first kappa shape index (κ1) is 19.3. The molecule has 1 aliphatic rings. The second kappa shape index (κ2) is 7.67. The molecule has 146 valence electrons. The lowest BCUT2D eigenvalue weighted by Gasteiger charge is -2.29. The number of sulfonamides is 1. The fourth-order valence-electron chi connectivity index (χ4n) is 3.01. The maximum atomic E-state index is 12.2. The van der Waals surface area contributed by atoms with Gasteiger partial charge in [-0.1, -0.05) is 25.1 Å². The number of nitrogens with one attached hydrogen (secondary N) is 1. The highest BCUT2D eigenvalue weighted by Gasteiger charge is 2.24. The first-order valence-electron chi connectivity index (χ1n) is 8.97. The van der Waals surface area contributed by atoms with Crippen LogP contribution in [0.15, 0.2) is 22.7 Å². The Labute approximate surface area is 159 Å². The predicted molar refractivity (Wildman–Crippen MR) is 102 cm³/mol. The lowest BCUT2D eigenvalue weighted by Crippen LogP contribution is -2.34. The summed E-state index contributed by atoms with van der Waals surface area (Å²) in [6.45, 7) is 4.40. The van der Waals surface area contributed by atoms with Crippen LogP contribution in [0.1, 0.15) is 49.9 Å². The number of fused-ring (bicyclic) bond motifs is 1. The fraction of sp³-hybridized carbons (Fsp3) is 0.500. The number of hydrogen-bond acceptors (Lipinski definition) is 6. The SMILES string of the molecule is CC(C)c1noc(CCC(=O)Nc2ccc3c(c2)N(S(C)(=O)=O)CCC3)n1. The van der Waals surface area contributed by atoms with Crippen molar-refractivity contribution in [1.29, 1.82) is 0 Å². The normalized spacial score (nSPS) is 14.3. The Hall–Kier alpha value is -2.42. The lowest BCUT2D eigenvalue weighted by atomic mass is 10.0. The summed E-state index contributed by atoms with van der Waals surface area (Å²) in [5.41, 5.74) is 2.18. The minimum absolute atomic E-state index is 0.171. The van der Waals surface area contributed by atoms with Crippen molar-refractivity contribution in [1.82, 2.24) is 10.1 Å². The first-order chi connectivity index (χ1) is 12.7. The molecule has 0 bridgehead atoms. The maximum absolute atomic E-state index is 12.2. The van der Waals surface area contributed by atoms with Crippen LogP contribution in [0, 0.1) is 0 Å². The predicted octanol–water partition coefficient (Wildman–Crippen LogP) is 2.48. The van der Waals surface area contributed by atoms with Crippen LogP contribution in [-0.2, 0) is 27.7 Å². The zero-order valence-corrected chi connectivity index (χ0v) is 16.5. The van der Waals surface area contributed by atoms with E-state index in [0.717, 1.165) is 18.4 Å². The molecular weight excluding hydrogens is 368 g/mol. The Bertz CT molecular complexity index is 937. The molecule has 3 rings (SSSR count). The molecule has 0 atom stereocenters. The number of amides is 1.